The minimum absolute atomic E-state index is 0.0446. The molecule has 172 valence electrons. The molecule has 2 aliphatic rings. The fraction of sp³-hybridized carbons (Fsp3) is 0.200. The highest BCUT2D eigenvalue weighted by Gasteiger charge is 2.35. The van der Waals surface area contributed by atoms with E-state index in [1.54, 1.807) is 17.4 Å². The van der Waals surface area contributed by atoms with Crippen LogP contribution in [0, 0.1) is 19.3 Å². The predicted octanol–water partition coefficient (Wildman–Crippen LogP) is 5.42. The van der Waals surface area contributed by atoms with Crippen LogP contribution in [-0.4, -0.2) is 38.1 Å². The van der Waals surface area contributed by atoms with Gasteiger partial charge in [0.25, 0.3) is 5.91 Å². The molecule has 1 amide bonds. The zero-order valence-electron chi connectivity index (χ0n) is 19.0. The second-order valence-corrected chi connectivity index (χ2v) is 9.91. The van der Waals surface area contributed by atoms with E-state index in [-0.39, 0.29) is 11.4 Å². The van der Waals surface area contributed by atoms with Gasteiger partial charge in [-0.05, 0) is 73.8 Å². The number of fused-ring (bicyclic) bond motifs is 1. The lowest BCUT2D eigenvalue weighted by molar-refractivity contribution is -0.114. The number of aryl methyl sites for hydroxylation is 1. The zero-order chi connectivity index (χ0) is 23.8. The normalized spacial score (nSPS) is 16.7. The number of carbonyl (C=O) groups is 1. The molecule has 0 atom stereocenters. The minimum atomic E-state index is -0.421. The van der Waals surface area contributed by atoms with Gasteiger partial charge < -0.3 is 9.30 Å². The summed E-state index contributed by atoms with van der Waals surface area (Å²) in [5.41, 5.74) is 3.97. The molecule has 0 bridgehead atoms. The number of aromatic nitrogens is 1. The van der Waals surface area contributed by atoms with Crippen LogP contribution in [0.25, 0.3) is 11.8 Å². The van der Waals surface area contributed by atoms with Crippen molar-refractivity contribution < 1.29 is 9.53 Å². The molecular formula is C25H23N5O2S2. The van der Waals surface area contributed by atoms with E-state index in [2.05, 4.69) is 14.7 Å². The Hall–Kier alpha value is -3.43. The number of amidine groups is 2. The van der Waals surface area contributed by atoms with E-state index in [1.165, 1.54) is 21.6 Å². The summed E-state index contributed by atoms with van der Waals surface area (Å²) in [7, 11) is 0. The summed E-state index contributed by atoms with van der Waals surface area (Å²) in [6.45, 7) is 6.54. The maximum atomic E-state index is 12.9. The van der Waals surface area contributed by atoms with Gasteiger partial charge in [0, 0.05) is 22.7 Å². The quantitative estimate of drug-likeness (QED) is 0.469. The smallest absolute Gasteiger partial charge is 0.283 e. The van der Waals surface area contributed by atoms with Crippen LogP contribution >= 0.6 is 23.1 Å². The van der Waals surface area contributed by atoms with Crippen LogP contribution in [0.1, 0.15) is 28.8 Å². The van der Waals surface area contributed by atoms with E-state index in [1.807, 2.05) is 68.6 Å². The van der Waals surface area contributed by atoms with Crippen LogP contribution in [0.5, 0.6) is 5.75 Å². The first-order valence-electron chi connectivity index (χ1n) is 10.9. The third-order valence-corrected chi connectivity index (χ3v) is 7.36. The molecule has 0 unspecified atom stereocenters. The Balaban J connectivity index is 1.48. The number of hydrazone groups is 1. The van der Waals surface area contributed by atoms with Crippen molar-refractivity contribution in [1.82, 2.24) is 9.58 Å². The maximum Gasteiger partial charge on any atom is 0.283 e. The topological polar surface area (TPSA) is 83.0 Å². The molecule has 0 fully saturated rings. The van der Waals surface area contributed by atoms with Crippen LogP contribution < -0.4 is 4.74 Å². The molecule has 2 aliphatic heterocycles. The van der Waals surface area contributed by atoms with Gasteiger partial charge in [0.2, 0.25) is 5.17 Å². The Morgan fingerprint density at radius 1 is 1.18 bits per heavy atom. The van der Waals surface area contributed by atoms with Gasteiger partial charge >= 0.3 is 0 Å². The van der Waals surface area contributed by atoms with Crippen molar-refractivity contribution in [3.63, 3.8) is 0 Å². The van der Waals surface area contributed by atoms with Crippen molar-refractivity contribution in [2.24, 2.45) is 10.1 Å². The Bertz CT molecular complexity index is 1380. The molecule has 0 spiro atoms. The van der Waals surface area contributed by atoms with Gasteiger partial charge in [-0.3, -0.25) is 10.2 Å². The number of nitrogens with zero attached hydrogens (tertiary/aromatic N) is 4. The third-order valence-electron chi connectivity index (χ3n) is 5.58. The maximum absolute atomic E-state index is 12.9. The third kappa shape index (κ3) is 4.01. The average Bonchev–Trinajstić information content (AvgIpc) is 3.53. The molecule has 5 rings (SSSR count). The lowest BCUT2D eigenvalue weighted by Gasteiger charge is -2.20. The van der Waals surface area contributed by atoms with Gasteiger partial charge in [0.1, 0.15) is 10.8 Å². The lowest BCUT2D eigenvalue weighted by Crippen LogP contribution is -2.35. The van der Waals surface area contributed by atoms with Crippen molar-refractivity contribution >= 4 is 51.1 Å². The first-order valence-corrected chi connectivity index (χ1v) is 12.6. The van der Waals surface area contributed by atoms with E-state index in [4.69, 9.17) is 10.1 Å². The van der Waals surface area contributed by atoms with Crippen LogP contribution in [0.15, 0.2) is 63.5 Å². The first-order chi connectivity index (χ1) is 16.5. The molecule has 2 aromatic heterocycles. The van der Waals surface area contributed by atoms with Gasteiger partial charge in [0.05, 0.1) is 17.9 Å². The van der Waals surface area contributed by atoms with Crippen LogP contribution in [0.2, 0.25) is 0 Å². The Labute approximate surface area is 206 Å². The summed E-state index contributed by atoms with van der Waals surface area (Å²) in [6, 6.07) is 13.9. The van der Waals surface area contributed by atoms with Crippen molar-refractivity contribution in [2.45, 2.75) is 27.2 Å². The number of para-hydroxylation sites is 2. The van der Waals surface area contributed by atoms with E-state index in [0.29, 0.717) is 18.2 Å². The fourth-order valence-electron chi connectivity index (χ4n) is 4.04. The molecular weight excluding hydrogens is 466 g/mol. The number of thiophene rings is 1. The van der Waals surface area contributed by atoms with Gasteiger partial charge in [-0.15, -0.1) is 11.3 Å². The average molecular weight is 490 g/mol. The van der Waals surface area contributed by atoms with Crippen molar-refractivity contribution in [3.05, 3.63) is 75.2 Å². The Morgan fingerprint density at radius 3 is 2.76 bits per heavy atom. The molecule has 7 nitrogen and oxygen atoms in total. The summed E-state index contributed by atoms with van der Waals surface area (Å²) in [5, 5.41) is 18.0. The number of carbonyl (C=O) groups excluding carboxylic acids is 1. The highest BCUT2D eigenvalue weighted by molar-refractivity contribution is 8.27. The monoisotopic (exact) mass is 489 g/mol. The largest absolute Gasteiger partial charge is 0.492 e. The molecule has 4 heterocycles. The van der Waals surface area contributed by atoms with Crippen molar-refractivity contribution in [1.29, 1.82) is 5.41 Å². The lowest BCUT2D eigenvalue weighted by atomic mass is 10.1. The zero-order valence-corrected chi connectivity index (χ0v) is 20.7. The number of thioether (sulfide) groups is 1. The van der Waals surface area contributed by atoms with E-state index in [9.17, 15) is 4.79 Å². The van der Waals surface area contributed by atoms with Crippen molar-refractivity contribution in [3.8, 4) is 11.4 Å². The van der Waals surface area contributed by atoms with Crippen LogP contribution in [0.4, 0.5) is 0 Å². The second-order valence-electron chi connectivity index (χ2n) is 7.83. The first kappa shape index (κ1) is 22.4. The molecule has 1 N–H and O–H groups in total. The summed E-state index contributed by atoms with van der Waals surface area (Å²) in [5.74, 6) is 0.419. The molecule has 1 aromatic carbocycles. The minimum Gasteiger partial charge on any atom is -0.492 e. The number of benzene rings is 1. The number of amides is 1. The standard InChI is InChI=1S/C25H23N5O2S2/c1-4-32-21-10-6-5-9-20(21)29-15(2)12-17(16(29)3)13-19-23(26)30-25(27-24(19)31)34-22(28-30)14-18-8-7-11-33-18/h5-13,26H,4,14H2,1-3H3. The highest BCUT2D eigenvalue weighted by Crippen LogP contribution is 2.32. The Morgan fingerprint density at radius 2 is 2.00 bits per heavy atom. The number of rotatable bonds is 6. The van der Waals surface area contributed by atoms with Gasteiger partial charge in [-0.25, -0.2) is 0 Å². The summed E-state index contributed by atoms with van der Waals surface area (Å²) in [6.07, 6.45) is 2.41. The van der Waals surface area contributed by atoms with E-state index in [0.717, 1.165) is 33.4 Å². The second kappa shape index (κ2) is 9.08. The highest BCUT2D eigenvalue weighted by atomic mass is 32.2. The van der Waals surface area contributed by atoms with Gasteiger partial charge in [0.15, 0.2) is 5.84 Å². The number of nitrogens with one attached hydrogen (secondary N) is 1. The van der Waals surface area contributed by atoms with Crippen LogP contribution in [0.3, 0.4) is 0 Å². The van der Waals surface area contributed by atoms with E-state index >= 15 is 0 Å². The SMILES string of the molecule is CCOc1ccccc1-n1c(C)cc(C=C2C(=N)N3N=C(Cc4cccs4)SC3=NC2=O)c1C. The molecule has 3 aromatic rings. The molecule has 9 heteroatoms. The van der Waals surface area contributed by atoms with Gasteiger partial charge in [-0.2, -0.15) is 15.1 Å². The molecule has 0 radical (unpaired) electrons. The van der Waals surface area contributed by atoms with E-state index < -0.39 is 5.91 Å². The van der Waals surface area contributed by atoms with Crippen molar-refractivity contribution in [2.75, 3.05) is 6.61 Å². The molecule has 0 saturated carbocycles. The summed E-state index contributed by atoms with van der Waals surface area (Å²) >= 11 is 3.01. The van der Waals surface area contributed by atoms with Crippen LogP contribution in [-0.2, 0) is 11.2 Å². The molecule has 0 saturated heterocycles. The number of hydrogen-bond acceptors (Lipinski definition) is 6. The molecule has 0 aliphatic carbocycles. The summed E-state index contributed by atoms with van der Waals surface area (Å²) in [4.78, 5) is 18.3. The predicted molar refractivity (Wildman–Crippen MR) is 139 cm³/mol. The van der Waals surface area contributed by atoms with Gasteiger partial charge in [-0.1, -0.05) is 18.2 Å². The fourth-order valence-corrected chi connectivity index (χ4v) is 5.75. The number of ether oxygens (including phenoxy) is 1. The number of aliphatic imine (C=N–C) groups is 1. The summed E-state index contributed by atoms with van der Waals surface area (Å²) < 4.78 is 7.93. The number of hydrogen-bond donors (Lipinski definition) is 1. The molecule has 34 heavy (non-hydrogen) atoms. The Kier molecular flexibility index (Phi) is 5.97.